The number of halogens is 3. The van der Waals surface area contributed by atoms with Gasteiger partial charge in [0.2, 0.25) is 0 Å². The van der Waals surface area contributed by atoms with Crippen molar-refractivity contribution in [3.05, 3.63) is 106 Å². The quantitative estimate of drug-likeness (QED) is 0.114. The molecule has 0 radical (unpaired) electrons. The zero-order valence-corrected chi connectivity index (χ0v) is 21.3. The second-order valence-electron chi connectivity index (χ2n) is 8.88. The largest absolute Gasteiger partial charge is 0.391 e. The topological polar surface area (TPSA) is 128 Å². The van der Waals surface area contributed by atoms with Crippen molar-refractivity contribution in [1.82, 2.24) is 16.1 Å². The molecule has 0 saturated heterocycles. The average Bonchev–Trinajstić information content (AvgIpc) is 2.93. The SMILES string of the molecule is C[C@@H](O)[C@H](NC(=O)c1ccc(C#Cc2ccc(CC(=O)CNCc3cc(F)c(F)c(F)c3)cc2)cc1)C(=O)NO. The lowest BCUT2D eigenvalue weighted by molar-refractivity contribution is -0.133. The number of carbonyl (C=O) groups is 3. The molecule has 3 rings (SSSR count). The van der Waals surface area contributed by atoms with Gasteiger partial charge < -0.3 is 15.7 Å². The predicted molar refractivity (Wildman–Crippen MR) is 138 cm³/mol. The summed E-state index contributed by atoms with van der Waals surface area (Å²) >= 11 is 0. The molecule has 40 heavy (non-hydrogen) atoms. The highest BCUT2D eigenvalue weighted by atomic mass is 19.2. The molecule has 208 valence electrons. The number of aliphatic hydroxyl groups excluding tert-OH is 1. The maximum atomic E-state index is 13.3. The summed E-state index contributed by atoms with van der Waals surface area (Å²) in [5.41, 5.74) is 3.85. The Bertz CT molecular complexity index is 1410. The summed E-state index contributed by atoms with van der Waals surface area (Å²) in [5, 5.41) is 23.5. The van der Waals surface area contributed by atoms with Crippen molar-refractivity contribution in [3.63, 3.8) is 0 Å². The average molecular weight is 554 g/mol. The lowest BCUT2D eigenvalue weighted by atomic mass is 10.1. The molecule has 0 aromatic heterocycles. The van der Waals surface area contributed by atoms with Crippen LogP contribution in [-0.4, -0.2) is 46.6 Å². The van der Waals surface area contributed by atoms with Crippen molar-refractivity contribution in [2.24, 2.45) is 0 Å². The van der Waals surface area contributed by atoms with Crippen LogP contribution < -0.4 is 16.1 Å². The monoisotopic (exact) mass is 553 g/mol. The third-order valence-corrected chi connectivity index (χ3v) is 5.71. The Morgan fingerprint density at radius 2 is 1.43 bits per heavy atom. The Hall–Kier alpha value is -4.50. The van der Waals surface area contributed by atoms with E-state index in [0.717, 1.165) is 17.7 Å². The van der Waals surface area contributed by atoms with Gasteiger partial charge in [-0.15, -0.1) is 0 Å². The number of hydroxylamine groups is 1. The van der Waals surface area contributed by atoms with Gasteiger partial charge in [-0.3, -0.25) is 19.6 Å². The molecule has 5 N–H and O–H groups in total. The number of ketones is 1. The zero-order valence-electron chi connectivity index (χ0n) is 21.3. The van der Waals surface area contributed by atoms with E-state index in [-0.39, 0.29) is 36.4 Å². The highest BCUT2D eigenvalue weighted by Gasteiger charge is 2.25. The molecule has 0 aliphatic rings. The van der Waals surface area contributed by atoms with Crippen LogP contribution in [0, 0.1) is 29.3 Å². The summed E-state index contributed by atoms with van der Waals surface area (Å²) in [7, 11) is 0. The van der Waals surface area contributed by atoms with Crippen molar-refractivity contribution in [3.8, 4) is 11.8 Å². The first kappa shape index (κ1) is 30.0. The smallest absolute Gasteiger partial charge is 0.268 e. The van der Waals surface area contributed by atoms with Crippen LogP contribution in [0.25, 0.3) is 0 Å². The highest BCUT2D eigenvalue weighted by Crippen LogP contribution is 2.13. The minimum absolute atomic E-state index is 0.00327. The number of aliphatic hydroxyl groups is 1. The third kappa shape index (κ3) is 8.51. The summed E-state index contributed by atoms with van der Waals surface area (Å²) in [4.78, 5) is 36.2. The fraction of sp³-hybridized carbons (Fsp3) is 0.207. The fourth-order valence-electron chi connectivity index (χ4n) is 3.60. The summed E-state index contributed by atoms with van der Waals surface area (Å²) in [5.74, 6) is 0.104. The van der Waals surface area contributed by atoms with E-state index in [4.69, 9.17) is 5.21 Å². The van der Waals surface area contributed by atoms with Crippen LogP contribution in [0.3, 0.4) is 0 Å². The molecule has 2 amide bonds. The molecule has 3 aromatic rings. The van der Waals surface area contributed by atoms with E-state index >= 15 is 0 Å². The van der Waals surface area contributed by atoms with Gasteiger partial charge in [0.15, 0.2) is 23.2 Å². The van der Waals surface area contributed by atoms with E-state index in [9.17, 15) is 32.7 Å². The van der Waals surface area contributed by atoms with Crippen molar-refractivity contribution in [2.45, 2.75) is 32.0 Å². The standard InChI is InChI=1S/C29H26F3N3O5/c1-17(36)27(29(39)35-40)34-28(38)22-10-8-19(9-11-22)3-2-18-4-6-20(7-5-18)12-23(37)16-33-15-21-13-24(30)26(32)25(31)14-21/h4-11,13-14,17,27,33,36,40H,12,15-16H2,1H3,(H,34,38)(H,35,39)/t17-,27+/m1/s1. The van der Waals surface area contributed by atoms with Crippen molar-refractivity contribution < 1.29 is 37.9 Å². The van der Waals surface area contributed by atoms with Crippen LogP contribution in [0.15, 0.2) is 60.7 Å². The predicted octanol–water partition coefficient (Wildman–Crippen LogP) is 2.39. The van der Waals surface area contributed by atoms with Gasteiger partial charge in [0.1, 0.15) is 6.04 Å². The number of rotatable bonds is 10. The first-order chi connectivity index (χ1) is 19.1. The van der Waals surface area contributed by atoms with E-state index < -0.39 is 41.4 Å². The van der Waals surface area contributed by atoms with E-state index in [1.165, 1.54) is 24.5 Å². The van der Waals surface area contributed by atoms with Crippen molar-refractivity contribution in [2.75, 3.05) is 6.54 Å². The lowest BCUT2D eigenvalue weighted by Crippen LogP contribution is -2.51. The highest BCUT2D eigenvalue weighted by molar-refractivity contribution is 5.97. The van der Waals surface area contributed by atoms with Crippen LogP contribution in [0.4, 0.5) is 13.2 Å². The Labute approximate surface area is 228 Å². The number of hydrogen-bond donors (Lipinski definition) is 5. The minimum Gasteiger partial charge on any atom is -0.391 e. The van der Waals surface area contributed by atoms with Crippen LogP contribution in [0.5, 0.6) is 0 Å². The summed E-state index contributed by atoms with van der Waals surface area (Å²) in [6.45, 7) is 1.26. The molecule has 8 nitrogen and oxygen atoms in total. The van der Waals surface area contributed by atoms with E-state index in [2.05, 4.69) is 22.5 Å². The minimum atomic E-state index is -1.54. The maximum Gasteiger partial charge on any atom is 0.268 e. The summed E-state index contributed by atoms with van der Waals surface area (Å²) < 4.78 is 39.6. The van der Waals surface area contributed by atoms with Gasteiger partial charge in [0, 0.05) is 29.7 Å². The molecular formula is C29H26F3N3O5. The normalized spacial score (nSPS) is 12.1. The van der Waals surface area contributed by atoms with E-state index in [1.807, 2.05) is 0 Å². The molecule has 3 aromatic carbocycles. The Balaban J connectivity index is 1.50. The molecule has 0 heterocycles. The van der Waals surface area contributed by atoms with Crippen LogP contribution in [0.1, 0.15) is 39.5 Å². The third-order valence-electron chi connectivity index (χ3n) is 5.71. The molecule has 0 aliphatic heterocycles. The second kappa shape index (κ2) is 14.0. The van der Waals surface area contributed by atoms with Gasteiger partial charge in [-0.25, -0.2) is 18.7 Å². The van der Waals surface area contributed by atoms with Gasteiger partial charge in [0.25, 0.3) is 11.8 Å². The van der Waals surface area contributed by atoms with Gasteiger partial charge in [-0.2, -0.15) is 0 Å². The number of Topliss-reactive ketones (excluding diaryl/α,β-unsaturated/α-hetero) is 1. The number of nitrogens with one attached hydrogen (secondary N) is 3. The maximum absolute atomic E-state index is 13.3. The summed E-state index contributed by atoms with van der Waals surface area (Å²) in [6.07, 6.45) is -1.10. The van der Waals surface area contributed by atoms with E-state index in [1.54, 1.807) is 36.4 Å². The van der Waals surface area contributed by atoms with Gasteiger partial charge in [0.05, 0.1) is 12.6 Å². The number of amides is 2. The molecule has 11 heteroatoms. The molecule has 0 unspecified atom stereocenters. The van der Waals surface area contributed by atoms with E-state index in [0.29, 0.717) is 11.1 Å². The van der Waals surface area contributed by atoms with Crippen LogP contribution >= 0.6 is 0 Å². The molecular weight excluding hydrogens is 527 g/mol. The molecule has 0 aliphatic carbocycles. The van der Waals surface area contributed by atoms with Crippen molar-refractivity contribution >= 4 is 17.6 Å². The Morgan fingerprint density at radius 3 is 1.95 bits per heavy atom. The van der Waals surface area contributed by atoms with Crippen molar-refractivity contribution in [1.29, 1.82) is 0 Å². The molecule has 0 spiro atoms. The lowest BCUT2D eigenvalue weighted by Gasteiger charge is -2.19. The Morgan fingerprint density at radius 1 is 0.875 bits per heavy atom. The Kier molecular flexibility index (Phi) is 10.6. The fourth-order valence-corrected chi connectivity index (χ4v) is 3.60. The number of hydrogen-bond acceptors (Lipinski definition) is 6. The molecule has 0 bridgehead atoms. The first-order valence-electron chi connectivity index (χ1n) is 12.1. The first-order valence-corrected chi connectivity index (χ1v) is 12.1. The molecule has 2 atom stereocenters. The van der Waals surface area contributed by atoms with Crippen LogP contribution in [-0.2, 0) is 22.6 Å². The van der Waals surface area contributed by atoms with Gasteiger partial charge in [-0.1, -0.05) is 24.0 Å². The molecule has 0 fully saturated rings. The second-order valence-corrected chi connectivity index (χ2v) is 8.88. The van der Waals surface area contributed by atoms with Gasteiger partial charge in [-0.05, 0) is 66.6 Å². The van der Waals surface area contributed by atoms with Crippen LogP contribution in [0.2, 0.25) is 0 Å². The molecule has 0 saturated carbocycles. The zero-order chi connectivity index (χ0) is 29.2. The number of benzene rings is 3. The number of carbonyl (C=O) groups excluding carboxylic acids is 3. The summed E-state index contributed by atoms with van der Waals surface area (Å²) in [6, 6.07) is 13.6. The van der Waals surface area contributed by atoms with Gasteiger partial charge >= 0.3 is 0 Å².